The molecule has 0 bridgehead atoms. The molecular formula is C13H33N. The van der Waals surface area contributed by atoms with Crippen LogP contribution in [0.4, 0.5) is 0 Å². The Morgan fingerprint density at radius 1 is 0.714 bits per heavy atom. The van der Waals surface area contributed by atoms with E-state index in [2.05, 4.69) is 25.7 Å². The van der Waals surface area contributed by atoms with E-state index in [1.165, 1.54) is 38.9 Å². The fraction of sp³-hybridized carbons (Fsp3) is 1.00. The Bertz CT molecular complexity index is 58.3. The van der Waals surface area contributed by atoms with Crippen molar-refractivity contribution in [3.63, 3.8) is 0 Å². The van der Waals surface area contributed by atoms with Crippen LogP contribution in [-0.4, -0.2) is 24.5 Å². The highest BCUT2D eigenvalue weighted by atomic mass is 15.1. The van der Waals surface area contributed by atoms with Crippen LogP contribution in [0.15, 0.2) is 0 Å². The smallest absolute Gasteiger partial charge is 0.00190 e. The molecular weight excluding hydrogens is 170 g/mol. The summed E-state index contributed by atoms with van der Waals surface area (Å²) < 4.78 is 0. The Morgan fingerprint density at radius 2 is 1.14 bits per heavy atom. The Labute approximate surface area is 92.9 Å². The monoisotopic (exact) mass is 203 g/mol. The first-order valence-corrected chi connectivity index (χ1v) is 6.57. The van der Waals surface area contributed by atoms with Gasteiger partial charge < -0.3 is 4.90 Å². The van der Waals surface area contributed by atoms with Crippen molar-refractivity contribution in [2.45, 2.75) is 67.7 Å². The molecule has 1 heteroatoms. The molecule has 0 aliphatic heterocycles. The van der Waals surface area contributed by atoms with Gasteiger partial charge in [0.1, 0.15) is 0 Å². The minimum Gasteiger partial charge on any atom is -0.304 e. The third kappa shape index (κ3) is 17.9. The van der Waals surface area contributed by atoms with Gasteiger partial charge in [0, 0.05) is 0 Å². The fourth-order valence-electron chi connectivity index (χ4n) is 1.13. The van der Waals surface area contributed by atoms with Gasteiger partial charge in [-0.1, -0.05) is 61.3 Å². The van der Waals surface area contributed by atoms with E-state index in [0.29, 0.717) is 0 Å². The minimum atomic E-state index is 1.21. The standard InChI is InChI=1S/C9H21N.2C2H6/c1-4-7-8-9-10(5-2)6-3;2*1-2/h4-9H2,1-3H3;2*1-2H3. The Kier molecular flexibility index (Phi) is 32.2. The van der Waals surface area contributed by atoms with E-state index in [9.17, 15) is 0 Å². The maximum atomic E-state index is 2.48. The van der Waals surface area contributed by atoms with Gasteiger partial charge in [0.25, 0.3) is 0 Å². The van der Waals surface area contributed by atoms with Crippen molar-refractivity contribution in [2.24, 2.45) is 0 Å². The average molecular weight is 203 g/mol. The zero-order valence-electron chi connectivity index (χ0n) is 11.7. The lowest BCUT2D eigenvalue weighted by Crippen LogP contribution is -2.23. The van der Waals surface area contributed by atoms with Crippen molar-refractivity contribution in [1.82, 2.24) is 4.90 Å². The highest BCUT2D eigenvalue weighted by Gasteiger charge is 1.95. The molecule has 0 rings (SSSR count). The molecule has 0 spiro atoms. The minimum absolute atomic E-state index is 1.21. The molecule has 0 fully saturated rings. The molecule has 0 saturated heterocycles. The molecule has 0 amide bonds. The first-order valence-electron chi connectivity index (χ1n) is 6.57. The Morgan fingerprint density at radius 3 is 1.43 bits per heavy atom. The van der Waals surface area contributed by atoms with Crippen LogP contribution in [0.3, 0.4) is 0 Å². The van der Waals surface area contributed by atoms with Crippen molar-refractivity contribution in [2.75, 3.05) is 19.6 Å². The predicted molar refractivity (Wildman–Crippen MR) is 70.0 cm³/mol. The zero-order chi connectivity index (χ0) is 11.8. The molecule has 0 N–H and O–H groups in total. The van der Waals surface area contributed by atoms with Gasteiger partial charge in [0.05, 0.1) is 0 Å². The van der Waals surface area contributed by atoms with Crippen LogP contribution < -0.4 is 0 Å². The van der Waals surface area contributed by atoms with Crippen molar-refractivity contribution < 1.29 is 0 Å². The summed E-state index contributed by atoms with van der Waals surface area (Å²) in [5.41, 5.74) is 0. The van der Waals surface area contributed by atoms with E-state index < -0.39 is 0 Å². The number of rotatable bonds is 6. The molecule has 0 aromatic carbocycles. The summed E-state index contributed by atoms with van der Waals surface area (Å²) in [6.07, 6.45) is 4.09. The third-order valence-electron chi connectivity index (χ3n) is 1.97. The van der Waals surface area contributed by atoms with Crippen LogP contribution >= 0.6 is 0 Å². The van der Waals surface area contributed by atoms with Gasteiger partial charge in [-0.2, -0.15) is 0 Å². The summed E-state index contributed by atoms with van der Waals surface area (Å²) in [5, 5.41) is 0. The largest absolute Gasteiger partial charge is 0.304 e. The summed E-state index contributed by atoms with van der Waals surface area (Å²) in [6.45, 7) is 18.4. The number of unbranched alkanes of at least 4 members (excludes halogenated alkanes) is 2. The van der Waals surface area contributed by atoms with Crippen LogP contribution in [-0.2, 0) is 0 Å². The van der Waals surface area contributed by atoms with Crippen molar-refractivity contribution >= 4 is 0 Å². The fourth-order valence-corrected chi connectivity index (χ4v) is 1.13. The van der Waals surface area contributed by atoms with E-state index in [-0.39, 0.29) is 0 Å². The van der Waals surface area contributed by atoms with Crippen LogP contribution in [0, 0.1) is 0 Å². The lowest BCUT2D eigenvalue weighted by Gasteiger charge is -2.16. The van der Waals surface area contributed by atoms with Crippen molar-refractivity contribution in [1.29, 1.82) is 0 Å². The van der Waals surface area contributed by atoms with Gasteiger partial charge in [0.15, 0.2) is 0 Å². The lowest BCUT2D eigenvalue weighted by atomic mass is 10.2. The molecule has 14 heavy (non-hydrogen) atoms. The molecule has 0 radical (unpaired) electrons. The molecule has 0 saturated carbocycles. The summed E-state index contributed by atoms with van der Waals surface area (Å²) in [4.78, 5) is 2.48. The van der Waals surface area contributed by atoms with E-state index in [0.717, 1.165) is 0 Å². The quantitative estimate of drug-likeness (QED) is 0.572. The molecule has 0 aliphatic carbocycles. The lowest BCUT2D eigenvalue weighted by molar-refractivity contribution is 0.296. The summed E-state index contributed by atoms with van der Waals surface area (Å²) in [5.74, 6) is 0. The second kappa shape index (κ2) is 23.1. The van der Waals surface area contributed by atoms with Gasteiger partial charge in [-0.3, -0.25) is 0 Å². The average Bonchev–Trinajstić information content (AvgIpc) is 2.30. The first-order chi connectivity index (χ1) is 6.85. The van der Waals surface area contributed by atoms with E-state index in [1.807, 2.05) is 27.7 Å². The molecule has 0 unspecified atom stereocenters. The van der Waals surface area contributed by atoms with E-state index in [4.69, 9.17) is 0 Å². The Balaban J connectivity index is -0.000000266. The normalized spacial score (nSPS) is 8.57. The van der Waals surface area contributed by atoms with Gasteiger partial charge in [-0.15, -0.1) is 0 Å². The summed E-state index contributed by atoms with van der Waals surface area (Å²) >= 11 is 0. The molecule has 0 atom stereocenters. The van der Waals surface area contributed by atoms with Crippen LogP contribution in [0.1, 0.15) is 67.7 Å². The van der Waals surface area contributed by atoms with E-state index >= 15 is 0 Å². The zero-order valence-corrected chi connectivity index (χ0v) is 11.7. The van der Waals surface area contributed by atoms with Gasteiger partial charge in [0.2, 0.25) is 0 Å². The highest BCUT2D eigenvalue weighted by Crippen LogP contribution is 1.96. The van der Waals surface area contributed by atoms with Crippen molar-refractivity contribution in [3.8, 4) is 0 Å². The highest BCUT2D eigenvalue weighted by molar-refractivity contribution is 4.51. The molecule has 0 aromatic heterocycles. The summed E-state index contributed by atoms with van der Waals surface area (Å²) in [6, 6.07) is 0. The van der Waals surface area contributed by atoms with Crippen LogP contribution in [0.2, 0.25) is 0 Å². The van der Waals surface area contributed by atoms with Crippen LogP contribution in [0.25, 0.3) is 0 Å². The second-order valence-electron chi connectivity index (χ2n) is 2.73. The van der Waals surface area contributed by atoms with Gasteiger partial charge in [-0.05, 0) is 26.1 Å². The molecule has 1 nitrogen and oxygen atoms in total. The Hall–Kier alpha value is -0.0400. The maximum Gasteiger partial charge on any atom is -0.00190 e. The molecule has 90 valence electrons. The number of hydrogen-bond donors (Lipinski definition) is 0. The predicted octanol–water partition coefficient (Wildman–Crippen LogP) is 4.57. The van der Waals surface area contributed by atoms with E-state index in [1.54, 1.807) is 0 Å². The van der Waals surface area contributed by atoms with Gasteiger partial charge in [-0.25, -0.2) is 0 Å². The SMILES string of the molecule is CC.CC.CCCCCN(CC)CC. The maximum absolute atomic E-state index is 2.48. The number of nitrogens with zero attached hydrogens (tertiary/aromatic N) is 1. The second-order valence-corrected chi connectivity index (χ2v) is 2.73. The molecule has 0 aromatic rings. The molecule has 0 heterocycles. The topological polar surface area (TPSA) is 3.24 Å². The third-order valence-corrected chi connectivity index (χ3v) is 1.97. The van der Waals surface area contributed by atoms with Crippen LogP contribution in [0.5, 0.6) is 0 Å². The van der Waals surface area contributed by atoms with Crippen molar-refractivity contribution in [3.05, 3.63) is 0 Å². The number of hydrogen-bond acceptors (Lipinski definition) is 1. The summed E-state index contributed by atoms with van der Waals surface area (Å²) in [7, 11) is 0. The molecule has 0 aliphatic rings. The van der Waals surface area contributed by atoms with Gasteiger partial charge >= 0.3 is 0 Å². The first kappa shape index (κ1) is 19.5.